The number of hydrogen-bond acceptors (Lipinski definition) is 3. The molecule has 0 saturated carbocycles. The molecule has 0 fully saturated rings. The molecular formula is C17H20N2O3. The zero-order valence-electron chi connectivity index (χ0n) is 13.1. The molecule has 5 nitrogen and oxygen atoms in total. The van der Waals surface area contributed by atoms with Crippen LogP contribution in [0.15, 0.2) is 24.3 Å². The highest BCUT2D eigenvalue weighted by molar-refractivity contribution is 6.01. The van der Waals surface area contributed by atoms with Crippen molar-refractivity contribution >= 4 is 22.8 Å². The fourth-order valence-electron chi connectivity index (χ4n) is 2.95. The normalized spacial score (nSPS) is 21.1. The van der Waals surface area contributed by atoms with Gasteiger partial charge in [-0.2, -0.15) is 0 Å². The first-order valence-corrected chi connectivity index (χ1v) is 7.63. The molecule has 2 unspecified atom stereocenters. The molecular weight excluding hydrogens is 280 g/mol. The Hall–Kier alpha value is -2.30. The molecule has 1 aromatic heterocycles. The molecule has 1 amide bonds. The predicted octanol–water partition coefficient (Wildman–Crippen LogP) is 2.76. The number of amides is 1. The van der Waals surface area contributed by atoms with Crippen LogP contribution in [-0.2, 0) is 4.74 Å². The van der Waals surface area contributed by atoms with Crippen molar-refractivity contribution in [3.05, 3.63) is 35.5 Å². The van der Waals surface area contributed by atoms with Gasteiger partial charge in [-0.1, -0.05) is 13.0 Å². The molecule has 5 heteroatoms. The van der Waals surface area contributed by atoms with Gasteiger partial charge in [-0.3, -0.25) is 4.79 Å². The number of carbonyl (C=O) groups is 2. The van der Waals surface area contributed by atoms with Gasteiger partial charge in [0.25, 0.3) is 5.91 Å². The molecule has 2 aromatic rings. The summed E-state index contributed by atoms with van der Waals surface area (Å²) in [6.07, 6.45) is 0. The molecule has 0 aliphatic carbocycles. The van der Waals surface area contributed by atoms with Gasteiger partial charge in [0.2, 0.25) is 0 Å². The largest absolute Gasteiger partial charge is 0.462 e. The summed E-state index contributed by atoms with van der Waals surface area (Å²) in [5, 5.41) is 3.91. The van der Waals surface area contributed by atoms with E-state index in [0.29, 0.717) is 30.3 Å². The molecule has 1 aromatic carbocycles. The third-order valence-corrected chi connectivity index (χ3v) is 4.40. The zero-order chi connectivity index (χ0) is 15.9. The summed E-state index contributed by atoms with van der Waals surface area (Å²) in [6, 6.07) is 7.48. The maximum absolute atomic E-state index is 12.3. The van der Waals surface area contributed by atoms with Crippen molar-refractivity contribution in [1.29, 1.82) is 0 Å². The van der Waals surface area contributed by atoms with E-state index in [-0.39, 0.29) is 17.9 Å². The molecule has 116 valence electrons. The summed E-state index contributed by atoms with van der Waals surface area (Å²) in [4.78, 5) is 24.2. The summed E-state index contributed by atoms with van der Waals surface area (Å²) in [6.45, 7) is 7.00. The van der Waals surface area contributed by atoms with Gasteiger partial charge in [-0.25, -0.2) is 4.79 Å². The van der Waals surface area contributed by atoms with E-state index < -0.39 is 0 Å². The number of hydrogen-bond donors (Lipinski definition) is 1. The van der Waals surface area contributed by atoms with Crippen LogP contribution in [0.2, 0.25) is 0 Å². The lowest BCUT2D eigenvalue weighted by Gasteiger charge is -2.20. The summed E-state index contributed by atoms with van der Waals surface area (Å²) in [5.74, 6) is -0.0872. The number of esters is 1. The van der Waals surface area contributed by atoms with Gasteiger partial charge >= 0.3 is 5.97 Å². The number of rotatable bonds is 2. The highest BCUT2D eigenvalue weighted by Crippen LogP contribution is 2.30. The zero-order valence-corrected chi connectivity index (χ0v) is 13.1. The van der Waals surface area contributed by atoms with E-state index in [0.717, 1.165) is 10.9 Å². The minimum Gasteiger partial charge on any atom is -0.462 e. The van der Waals surface area contributed by atoms with Crippen molar-refractivity contribution in [2.45, 2.75) is 26.8 Å². The van der Waals surface area contributed by atoms with Gasteiger partial charge in [0.05, 0.1) is 12.2 Å². The first kappa shape index (κ1) is 14.6. The van der Waals surface area contributed by atoms with Gasteiger partial charge in [0.1, 0.15) is 5.69 Å². The topological polar surface area (TPSA) is 60.3 Å². The third-order valence-electron chi connectivity index (χ3n) is 4.40. The van der Waals surface area contributed by atoms with E-state index in [1.54, 1.807) is 13.0 Å². The predicted molar refractivity (Wildman–Crippen MR) is 84.1 cm³/mol. The monoisotopic (exact) mass is 300 g/mol. The first-order chi connectivity index (χ1) is 10.5. The molecule has 0 bridgehead atoms. The summed E-state index contributed by atoms with van der Waals surface area (Å²) < 4.78 is 7.10. The number of fused-ring (bicyclic) bond motifs is 3. The molecule has 0 radical (unpaired) electrons. The molecule has 2 atom stereocenters. The molecule has 0 saturated heterocycles. The molecule has 22 heavy (non-hydrogen) atoms. The second-order valence-corrected chi connectivity index (χ2v) is 5.82. The minimum atomic E-state index is -0.335. The van der Waals surface area contributed by atoms with Crippen LogP contribution < -0.4 is 5.32 Å². The highest BCUT2D eigenvalue weighted by atomic mass is 16.5. The van der Waals surface area contributed by atoms with E-state index in [2.05, 4.69) is 19.2 Å². The van der Waals surface area contributed by atoms with Crippen LogP contribution in [0, 0.1) is 5.92 Å². The van der Waals surface area contributed by atoms with Crippen molar-refractivity contribution in [2.75, 3.05) is 13.2 Å². The van der Waals surface area contributed by atoms with Crippen molar-refractivity contribution in [3.8, 4) is 0 Å². The number of aromatic nitrogens is 1. The van der Waals surface area contributed by atoms with Crippen LogP contribution in [-0.4, -0.2) is 29.6 Å². The standard InChI is InChI=1S/C17H20N2O3/c1-4-22-17(21)13-6-5-12-7-15-16(20)18-9-10(2)11(3)19(15)14(12)8-13/h5-8,10-11H,4,9H2,1-3H3,(H,18,20). The Morgan fingerprint density at radius 1 is 1.36 bits per heavy atom. The fraction of sp³-hybridized carbons (Fsp3) is 0.412. The maximum Gasteiger partial charge on any atom is 0.338 e. The average molecular weight is 300 g/mol. The molecule has 2 heterocycles. The Bertz CT molecular complexity index is 748. The Kier molecular flexibility index (Phi) is 3.64. The number of nitrogens with zero attached hydrogens (tertiary/aromatic N) is 1. The van der Waals surface area contributed by atoms with E-state index in [1.165, 1.54) is 0 Å². The lowest BCUT2D eigenvalue weighted by Crippen LogP contribution is -2.26. The summed E-state index contributed by atoms with van der Waals surface area (Å²) in [5.41, 5.74) is 2.06. The number of nitrogens with one attached hydrogen (secondary N) is 1. The summed E-state index contributed by atoms with van der Waals surface area (Å²) >= 11 is 0. The van der Waals surface area contributed by atoms with Crippen LogP contribution in [0.3, 0.4) is 0 Å². The summed E-state index contributed by atoms with van der Waals surface area (Å²) in [7, 11) is 0. The van der Waals surface area contributed by atoms with Crippen molar-refractivity contribution in [2.24, 2.45) is 5.92 Å². The SMILES string of the molecule is CCOC(=O)c1ccc2cc3n(c2c1)C(C)C(C)CNC3=O. The van der Waals surface area contributed by atoms with Crippen molar-refractivity contribution in [1.82, 2.24) is 9.88 Å². The highest BCUT2D eigenvalue weighted by Gasteiger charge is 2.27. The van der Waals surface area contributed by atoms with Gasteiger partial charge in [0.15, 0.2) is 0 Å². The number of carbonyl (C=O) groups excluding carboxylic acids is 2. The van der Waals surface area contributed by atoms with Gasteiger partial charge < -0.3 is 14.6 Å². The molecule has 1 aliphatic heterocycles. The van der Waals surface area contributed by atoms with Crippen LogP contribution >= 0.6 is 0 Å². The second kappa shape index (κ2) is 5.48. The van der Waals surface area contributed by atoms with E-state index in [1.807, 2.05) is 22.8 Å². The van der Waals surface area contributed by atoms with Crippen LogP contribution in [0.25, 0.3) is 10.9 Å². The fourth-order valence-corrected chi connectivity index (χ4v) is 2.95. The maximum atomic E-state index is 12.3. The smallest absolute Gasteiger partial charge is 0.338 e. The Morgan fingerprint density at radius 3 is 2.86 bits per heavy atom. The number of benzene rings is 1. The Morgan fingerprint density at radius 2 is 2.14 bits per heavy atom. The van der Waals surface area contributed by atoms with Crippen LogP contribution in [0.4, 0.5) is 0 Å². The molecule has 0 spiro atoms. The van der Waals surface area contributed by atoms with Crippen molar-refractivity contribution < 1.29 is 14.3 Å². The molecule has 1 N–H and O–H groups in total. The molecule has 3 rings (SSSR count). The quantitative estimate of drug-likeness (QED) is 0.868. The Balaban J connectivity index is 2.18. The third kappa shape index (κ3) is 2.26. The van der Waals surface area contributed by atoms with E-state index in [4.69, 9.17) is 4.74 Å². The van der Waals surface area contributed by atoms with E-state index >= 15 is 0 Å². The minimum absolute atomic E-state index is 0.0647. The van der Waals surface area contributed by atoms with Gasteiger partial charge in [0, 0.05) is 23.5 Å². The lowest BCUT2D eigenvalue weighted by molar-refractivity contribution is 0.0526. The van der Waals surface area contributed by atoms with Crippen LogP contribution in [0.5, 0.6) is 0 Å². The second-order valence-electron chi connectivity index (χ2n) is 5.82. The van der Waals surface area contributed by atoms with Gasteiger partial charge in [-0.15, -0.1) is 0 Å². The molecule has 1 aliphatic rings. The number of ether oxygens (including phenoxy) is 1. The van der Waals surface area contributed by atoms with Crippen LogP contribution in [0.1, 0.15) is 47.7 Å². The van der Waals surface area contributed by atoms with Gasteiger partial charge in [-0.05, 0) is 38.0 Å². The average Bonchev–Trinajstić information content (AvgIpc) is 2.85. The Labute approximate surface area is 129 Å². The first-order valence-electron chi connectivity index (χ1n) is 7.63. The van der Waals surface area contributed by atoms with Crippen molar-refractivity contribution in [3.63, 3.8) is 0 Å². The van der Waals surface area contributed by atoms with E-state index in [9.17, 15) is 9.59 Å². The lowest BCUT2D eigenvalue weighted by atomic mass is 10.0.